The Labute approximate surface area is 96.3 Å². The van der Waals surface area contributed by atoms with Gasteiger partial charge in [-0.2, -0.15) is 5.10 Å². The summed E-state index contributed by atoms with van der Waals surface area (Å²) in [6.07, 6.45) is 0.702. The third kappa shape index (κ3) is 2.07. The van der Waals surface area contributed by atoms with Gasteiger partial charge >= 0.3 is 5.69 Å². The number of nitro groups is 1. The van der Waals surface area contributed by atoms with Crippen molar-refractivity contribution in [2.75, 3.05) is 0 Å². The van der Waals surface area contributed by atoms with Crippen molar-refractivity contribution >= 4 is 5.69 Å². The second-order valence-corrected chi connectivity index (χ2v) is 3.42. The molecule has 2 N–H and O–H groups in total. The standard InChI is InChI=1S/C10H10N4O3/c1-2-9-11-10(13-12-9)6-3-4-8(15)7(5-6)14(16)17/h3-5,15H,2H2,1H3,(H,11,12,13). The Morgan fingerprint density at radius 2 is 2.29 bits per heavy atom. The molecule has 0 fully saturated rings. The Hall–Kier alpha value is -2.44. The smallest absolute Gasteiger partial charge is 0.311 e. The minimum Gasteiger partial charge on any atom is -0.502 e. The molecule has 17 heavy (non-hydrogen) atoms. The number of aromatic amines is 1. The molecule has 1 aromatic heterocycles. The van der Waals surface area contributed by atoms with Crippen molar-refractivity contribution in [3.63, 3.8) is 0 Å². The lowest BCUT2D eigenvalue weighted by atomic mass is 10.2. The van der Waals surface area contributed by atoms with Crippen LogP contribution in [0.2, 0.25) is 0 Å². The number of benzene rings is 1. The third-order valence-corrected chi connectivity index (χ3v) is 2.30. The number of nitro benzene ring substituents is 1. The number of hydrogen-bond donors (Lipinski definition) is 2. The van der Waals surface area contributed by atoms with Gasteiger partial charge in [-0.1, -0.05) is 6.92 Å². The fourth-order valence-corrected chi connectivity index (χ4v) is 1.39. The van der Waals surface area contributed by atoms with Gasteiger partial charge in [0, 0.05) is 18.1 Å². The molecule has 0 atom stereocenters. The van der Waals surface area contributed by atoms with Crippen LogP contribution in [0.3, 0.4) is 0 Å². The molecule has 0 amide bonds. The number of aromatic hydroxyl groups is 1. The van der Waals surface area contributed by atoms with Crippen LogP contribution in [0.1, 0.15) is 12.7 Å². The van der Waals surface area contributed by atoms with E-state index < -0.39 is 4.92 Å². The molecule has 2 rings (SSSR count). The largest absolute Gasteiger partial charge is 0.502 e. The van der Waals surface area contributed by atoms with Crippen LogP contribution in [-0.4, -0.2) is 25.2 Å². The van der Waals surface area contributed by atoms with Gasteiger partial charge in [0.25, 0.3) is 0 Å². The Balaban J connectivity index is 2.46. The van der Waals surface area contributed by atoms with E-state index in [-0.39, 0.29) is 11.4 Å². The Morgan fingerprint density at radius 1 is 1.53 bits per heavy atom. The van der Waals surface area contributed by atoms with E-state index in [1.165, 1.54) is 18.2 Å². The summed E-state index contributed by atoms with van der Waals surface area (Å²) in [5.41, 5.74) is 0.135. The van der Waals surface area contributed by atoms with Gasteiger partial charge in [0.2, 0.25) is 0 Å². The first-order valence-electron chi connectivity index (χ1n) is 5.01. The van der Waals surface area contributed by atoms with E-state index in [2.05, 4.69) is 15.2 Å². The van der Waals surface area contributed by atoms with Crippen molar-refractivity contribution in [1.29, 1.82) is 0 Å². The Bertz CT molecular complexity index is 564. The number of aromatic nitrogens is 3. The number of hydrogen-bond acceptors (Lipinski definition) is 5. The molecule has 0 unspecified atom stereocenters. The lowest BCUT2D eigenvalue weighted by Gasteiger charge is -1.98. The maximum atomic E-state index is 10.7. The van der Waals surface area contributed by atoms with Gasteiger partial charge in [0.15, 0.2) is 11.6 Å². The second-order valence-electron chi connectivity index (χ2n) is 3.42. The first-order valence-corrected chi connectivity index (χ1v) is 5.01. The fraction of sp³-hybridized carbons (Fsp3) is 0.200. The molecule has 0 aliphatic carbocycles. The molecule has 0 saturated carbocycles. The average molecular weight is 234 g/mol. The van der Waals surface area contributed by atoms with Crippen LogP contribution in [0.25, 0.3) is 11.4 Å². The topological polar surface area (TPSA) is 105 Å². The van der Waals surface area contributed by atoms with Crippen molar-refractivity contribution in [2.45, 2.75) is 13.3 Å². The summed E-state index contributed by atoms with van der Waals surface area (Å²) in [5, 5.41) is 26.6. The predicted octanol–water partition coefficient (Wildman–Crippen LogP) is 1.65. The van der Waals surface area contributed by atoms with E-state index in [0.29, 0.717) is 23.6 Å². The molecule has 88 valence electrons. The number of nitrogens with zero attached hydrogens (tertiary/aromatic N) is 3. The highest BCUT2D eigenvalue weighted by molar-refractivity contribution is 5.63. The average Bonchev–Trinajstić information content (AvgIpc) is 2.78. The summed E-state index contributed by atoms with van der Waals surface area (Å²) in [7, 11) is 0. The number of H-pyrrole nitrogens is 1. The van der Waals surface area contributed by atoms with E-state index in [1.807, 2.05) is 6.92 Å². The number of phenolic OH excluding ortho intramolecular Hbond substituents is 1. The van der Waals surface area contributed by atoms with Gasteiger partial charge in [0.1, 0.15) is 5.82 Å². The Morgan fingerprint density at radius 3 is 2.88 bits per heavy atom. The van der Waals surface area contributed by atoms with Crippen molar-refractivity contribution in [1.82, 2.24) is 15.2 Å². The molecule has 2 aromatic rings. The second kappa shape index (κ2) is 4.20. The quantitative estimate of drug-likeness (QED) is 0.620. The summed E-state index contributed by atoms with van der Waals surface area (Å²) >= 11 is 0. The van der Waals surface area contributed by atoms with Crippen LogP contribution in [0, 0.1) is 10.1 Å². The lowest BCUT2D eigenvalue weighted by Crippen LogP contribution is -1.90. The van der Waals surface area contributed by atoms with Gasteiger partial charge in [0.05, 0.1) is 4.92 Å². The summed E-state index contributed by atoms with van der Waals surface area (Å²) in [5.74, 6) is 0.714. The molecule has 0 aliphatic rings. The minimum absolute atomic E-state index is 0.356. The van der Waals surface area contributed by atoms with E-state index in [4.69, 9.17) is 0 Å². The summed E-state index contributed by atoms with van der Waals surface area (Å²) in [6, 6.07) is 4.04. The molecule has 0 bridgehead atoms. The lowest BCUT2D eigenvalue weighted by molar-refractivity contribution is -0.385. The molecular formula is C10H10N4O3. The minimum atomic E-state index is -0.647. The molecular weight excluding hydrogens is 224 g/mol. The van der Waals surface area contributed by atoms with E-state index >= 15 is 0 Å². The molecule has 1 heterocycles. The van der Waals surface area contributed by atoms with Crippen molar-refractivity contribution < 1.29 is 10.0 Å². The van der Waals surface area contributed by atoms with E-state index in [1.54, 1.807) is 0 Å². The SMILES string of the molecule is CCc1nc(-c2ccc(O)c([N+](=O)[O-])c2)n[nH]1. The molecule has 0 radical (unpaired) electrons. The highest BCUT2D eigenvalue weighted by Crippen LogP contribution is 2.29. The van der Waals surface area contributed by atoms with Gasteiger partial charge in [-0.25, -0.2) is 4.98 Å². The monoisotopic (exact) mass is 234 g/mol. The van der Waals surface area contributed by atoms with Crippen LogP contribution in [-0.2, 0) is 6.42 Å². The number of phenols is 1. The van der Waals surface area contributed by atoms with Crippen molar-refractivity contribution in [3.8, 4) is 17.1 Å². The number of aryl methyl sites for hydroxylation is 1. The number of rotatable bonds is 3. The summed E-state index contributed by atoms with van der Waals surface area (Å²) in [6.45, 7) is 1.92. The van der Waals surface area contributed by atoms with Gasteiger partial charge < -0.3 is 5.11 Å². The zero-order valence-electron chi connectivity index (χ0n) is 9.04. The van der Waals surface area contributed by atoms with Crippen LogP contribution in [0.15, 0.2) is 18.2 Å². The molecule has 7 nitrogen and oxygen atoms in total. The maximum Gasteiger partial charge on any atom is 0.311 e. The first-order chi connectivity index (χ1) is 8.11. The van der Waals surface area contributed by atoms with Crippen LogP contribution >= 0.6 is 0 Å². The highest BCUT2D eigenvalue weighted by Gasteiger charge is 2.16. The van der Waals surface area contributed by atoms with Crippen LogP contribution in [0.4, 0.5) is 5.69 Å². The normalized spacial score (nSPS) is 10.4. The van der Waals surface area contributed by atoms with Gasteiger partial charge in [-0.05, 0) is 12.1 Å². The first kappa shape index (κ1) is 11.1. The van der Waals surface area contributed by atoms with Gasteiger partial charge in [-0.15, -0.1) is 0 Å². The molecule has 0 spiro atoms. The Kier molecular flexibility index (Phi) is 2.73. The van der Waals surface area contributed by atoms with Crippen LogP contribution < -0.4 is 0 Å². The third-order valence-electron chi connectivity index (χ3n) is 2.30. The number of nitrogens with one attached hydrogen (secondary N) is 1. The molecule has 0 aliphatic heterocycles. The molecule has 7 heteroatoms. The van der Waals surface area contributed by atoms with Crippen LogP contribution in [0.5, 0.6) is 5.75 Å². The fourth-order valence-electron chi connectivity index (χ4n) is 1.39. The van der Waals surface area contributed by atoms with Crippen molar-refractivity contribution in [3.05, 3.63) is 34.1 Å². The zero-order valence-corrected chi connectivity index (χ0v) is 9.04. The predicted molar refractivity (Wildman–Crippen MR) is 59.5 cm³/mol. The van der Waals surface area contributed by atoms with E-state index in [9.17, 15) is 15.2 Å². The highest BCUT2D eigenvalue weighted by atomic mass is 16.6. The molecule has 1 aromatic carbocycles. The van der Waals surface area contributed by atoms with E-state index in [0.717, 1.165) is 0 Å². The van der Waals surface area contributed by atoms with Gasteiger partial charge in [-0.3, -0.25) is 15.2 Å². The molecule has 0 saturated heterocycles. The maximum absolute atomic E-state index is 10.7. The summed E-state index contributed by atoms with van der Waals surface area (Å²) < 4.78 is 0. The van der Waals surface area contributed by atoms with Crippen molar-refractivity contribution in [2.24, 2.45) is 0 Å². The zero-order chi connectivity index (χ0) is 12.4. The summed E-state index contributed by atoms with van der Waals surface area (Å²) in [4.78, 5) is 14.2.